The van der Waals surface area contributed by atoms with Crippen molar-refractivity contribution in [3.05, 3.63) is 0 Å². The zero-order chi connectivity index (χ0) is 15.7. The van der Waals surface area contributed by atoms with Crippen LogP contribution >= 0.6 is 0 Å². The Balaban J connectivity index is 5.41. The second-order valence-electron chi connectivity index (χ2n) is 5.29. The quantitative estimate of drug-likeness (QED) is 0.608. The molecule has 0 aromatic carbocycles. The molecule has 0 aliphatic rings. The standard InChI is InChI=1S/C15H29NO4/c1-7-9-11(14(17)19-5)13(16(3)4)12(10-8-2)15(18)20-6/h11-13H,7-10H2,1-6H3. The summed E-state index contributed by atoms with van der Waals surface area (Å²) in [5.41, 5.74) is 0. The van der Waals surface area contributed by atoms with E-state index in [0.29, 0.717) is 12.8 Å². The van der Waals surface area contributed by atoms with E-state index in [9.17, 15) is 9.59 Å². The molecule has 0 N–H and O–H groups in total. The van der Waals surface area contributed by atoms with Gasteiger partial charge in [-0.05, 0) is 26.9 Å². The van der Waals surface area contributed by atoms with Crippen LogP contribution in [0.1, 0.15) is 39.5 Å². The molecule has 0 saturated heterocycles. The van der Waals surface area contributed by atoms with Crippen LogP contribution in [0.4, 0.5) is 0 Å². The van der Waals surface area contributed by atoms with Crippen molar-refractivity contribution in [1.82, 2.24) is 4.90 Å². The highest BCUT2D eigenvalue weighted by molar-refractivity contribution is 5.77. The van der Waals surface area contributed by atoms with Gasteiger partial charge in [-0.3, -0.25) is 9.59 Å². The van der Waals surface area contributed by atoms with Gasteiger partial charge in [0.05, 0.1) is 26.1 Å². The van der Waals surface area contributed by atoms with Crippen LogP contribution in [0.2, 0.25) is 0 Å². The molecular formula is C15H29NO4. The van der Waals surface area contributed by atoms with Crippen LogP contribution < -0.4 is 0 Å². The van der Waals surface area contributed by atoms with E-state index >= 15 is 0 Å². The maximum atomic E-state index is 12.1. The van der Waals surface area contributed by atoms with Crippen LogP contribution in [0.5, 0.6) is 0 Å². The molecule has 2 unspecified atom stereocenters. The minimum Gasteiger partial charge on any atom is -0.469 e. The first-order valence-corrected chi connectivity index (χ1v) is 7.26. The third-order valence-corrected chi connectivity index (χ3v) is 3.63. The fourth-order valence-corrected chi connectivity index (χ4v) is 2.78. The highest BCUT2D eigenvalue weighted by Crippen LogP contribution is 2.27. The molecule has 20 heavy (non-hydrogen) atoms. The maximum Gasteiger partial charge on any atom is 0.310 e. The summed E-state index contributed by atoms with van der Waals surface area (Å²) in [5, 5.41) is 0. The maximum absolute atomic E-state index is 12.1. The summed E-state index contributed by atoms with van der Waals surface area (Å²) in [6.45, 7) is 4.05. The largest absolute Gasteiger partial charge is 0.469 e. The Morgan fingerprint density at radius 2 is 1.25 bits per heavy atom. The van der Waals surface area contributed by atoms with Crippen LogP contribution in [0.3, 0.4) is 0 Å². The molecule has 0 aromatic heterocycles. The predicted octanol–water partition coefficient (Wildman–Crippen LogP) is 2.10. The third kappa shape index (κ3) is 5.12. The molecule has 0 amide bonds. The monoisotopic (exact) mass is 287 g/mol. The first kappa shape index (κ1) is 18.9. The number of carbonyl (C=O) groups is 2. The van der Waals surface area contributed by atoms with Gasteiger partial charge < -0.3 is 14.4 Å². The van der Waals surface area contributed by atoms with Crippen LogP contribution in [0.25, 0.3) is 0 Å². The number of carbonyl (C=O) groups excluding carboxylic acids is 2. The van der Waals surface area contributed by atoms with Crippen LogP contribution in [0, 0.1) is 11.8 Å². The van der Waals surface area contributed by atoms with Crippen molar-refractivity contribution in [3.63, 3.8) is 0 Å². The molecule has 0 bridgehead atoms. The van der Waals surface area contributed by atoms with Crippen molar-refractivity contribution in [2.75, 3.05) is 28.3 Å². The molecule has 5 nitrogen and oxygen atoms in total. The van der Waals surface area contributed by atoms with Crippen molar-refractivity contribution >= 4 is 11.9 Å². The van der Waals surface area contributed by atoms with Crippen molar-refractivity contribution in [2.45, 2.75) is 45.6 Å². The lowest BCUT2D eigenvalue weighted by atomic mass is 9.82. The molecular weight excluding hydrogens is 258 g/mol. The minimum atomic E-state index is -0.310. The average Bonchev–Trinajstić information content (AvgIpc) is 2.43. The Hall–Kier alpha value is -1.10. The number of hydrogen-bond donors (Lipinski definition) is 0. The van der Waals surface area contributed by atoms with Gasteiger partial charge in [0.15, 0.2) is 0 Å². The summed E-state index contributed by atoms with van der Waals surface area (Å²) in [6.07, 6.45) is 3.13. The Morgan fingerprint density at radius 1 is 0.900 bits per heavy atom. The number of esters is 2. The lowest BCUT2D eigenvalue weighted by molar-refractivity contribution is -0.154. The van der Waals surface area contributed by atoms with E-state index in [-0.39, 0.29) is 29.8 Å². The number of hydrogen-bond acceptors (Lipinski definition) is 5. The molecule has 0 fully saturated rings. The van der Waals surface area contributed by atoms with Crippen molar-refractivity contribution in [1.29, 1.82) is 0 Å². The normalized spacial score (nSPS) is 15.6. The summed E-state index contributed by atoms with van der Waals surface area (Å²) < 4.78 is 9.84. The summed E-state index contributed by atoms with van der Waals surface area (Å²) in [5.74, 6) is -1.13. The average molecular weight is 287 g/mol. The molecule has 2 atom stereocenters. The molecule has 0 aliphatic carbocycles. The first-order valence-electron chi connectivity index (χ1n) is 7.26. The second-order valence-corrected chi connectivity index (χ2v) is 5.29. The zero-order valence-corrected chi connectivity index (χ0v) is 13.6. The molecule has 0 aromatic rings. The predicted molar refractivity (Wildman–Crippen MR) is 78.3 cm³/mol. The van der Waals surface area contributed by atoms with Gasteiger partial charge in [0.25, 0.3) is 0 Å². The number of ether oxygens (including phenoxy) is 2. The van der Waals surface area contributed by atoms with Crippen LogP contribution in [-0.2, 0) is 19.1 Å². The van der Waals surface area contributed by atoms with Gasteiger partial charge in [0.1, 0.15) is 0 Å². The summed E-state index contributed by atoms with van der Waals surface area (Å²) in [7, 11) is 6.57. The Labute approximate surface area is 122 Å². The van der Waals surface area contributed by atoms with E-state index in [1.165, 1.54) is 14.2 Å². The Kier molecular flexibility index (Phi) is 9.21. The van der Waals surface area contributed by atoms with Crippen molar-refractivity contribution < 1.29 is 19.1 Å². The number of methoxy groups -OCH3 is 2. The SMILES string of the molecule is CCCC(C(=O)OC)C(C(CCC)C(=O)OC)N(C)C. The topological polar surface area (TPSA) is 55.8 Å². The smallest absolute Gasteiger partial charge is 0.310 e. The van der Waals surface area contributed by atoms with Gasteiger partial charge in [-0.2, -0.15) is 0 Å². The van der Waals surface area contributed by atoms with Gasteiger partial charge >= 0.3 is 11.9 Å². The fourth-order valence-electron chi connectivity index (χ4n) is 2.78. The highest BCUT2D eigenvalue weighted by Gasteiger charge is 2.39. The number of nitrogens with zero attached hydrogens (tertiary/aromatic N) is 1. The Bertz CT molecular complexity index is 278. The molecule has 0 spiro atoms. The third-order valence-electron chi connectivity index (χ3n) is 3.63. The van der Waals surface area contributed by atoms with E-state index in [1.807, 2.05) is 32.8 Å². The van der Waals surface area contributed by atoms with Crippen molar-refractivity contribution in [3.8, 4) is 0 Å². The zero-order valence-electron chi connectivity index (χ0n) is 13.6. The van der Waals surface area contributed by atoms with Crippen molar-refractivity contribution in [2.24, 2.45) is 11.8 Å². The second kappa shape index (κ2) is 9.75. The molecule has 118 valence electrons. The van der Waals surface area contributed by atoms with Gasteiger partial charge in [-0.1, -0.05) is 26.7 Å². The lowest BCUT2D eigenvalue weighted by Crippen LogP contribution is -2.48. The van der Waals surface area contributed by atoms with Gasteiger partial charge in [-0.15, -0.1) is 0 Å². The van der Waals surface area contributed by atoms with E-state index in [4.69, 9.17) is 9.47 Å². The van der Waals surface area contributed by atoms with Crippen LogP contribution in [0.15, 0.2) is 0 Å². The fraction of sp³-hybridized carbons (Fsp3) is 0.867. The molecule has 0 radical (unpaired) electrons. The molecule has 0 rings (SSSR count). The van der Waals surface area contributed by atoms with E-state index in [1.54, 1.807) is 0 Å². The van der Waals surface area contributed by atoms with Crippen LogP contribution in [-0.4, -0.2) is 51.2 Å². The van der Waals surface area contributed by atoms with Gasteiger partial charge in [0.2, 0.25) is 0 Å². The van der Waals surface area contributed by atoms with Gasteiger partial charge in [-0.25, -0.2) is 0 Å². The Morgan fingerprint density at radius 3 is 1.45 bits per heavy atom. The lowest BCUT2D eigenvalue weighted by Gasteiger charge is -2.35. The summed E-state index contributed by atoms with van der Waals surface area (Å²) in [4.78, 5) is 26.1. The van der Waals surface area contributed by atoms with E-state index in [2.05, 4.69) is 0 Å². The molecule has 0 heterocycles. The molecule has 0 aliphatic heterocycles. The first-order chi connectivity index (χ1) is 9.44. The van der Waals surface area contributed by atoms with E-state index in [0.717, 1.165) is 12.8 Å². The highest BCUT2D eigenvalue weighted by atomic mass is 16.5. The molecule has 5 heteroatoms. The summed E-state index contributed by atoms with van der Waals surface area (Å²) in [6, 6.07) is -0.199. The summed E-state index contributed by atoms with van der Waals surface area (Å²) >= 11 is 0. The van der Waals surface area contributed by atoms with Gasteiger partial charge in [0, 0.05) is 6.04 Å². The molecule has 0 saturated carbocycles. The number of rotatable bonds is 9. The van der Waals surface area contributed by atoms with E-state index < -0.39 is 0 Å². The minimum absolute atomic E-state index is 0.199.